The number of amides is 1. The number of esters is 1. The van der Waals surface area contributed by atoms with Gasteiger partial charge in [-0.1, -0.05) is 53.3 Å². The number of hydrogen-bond acceptors (Lipinski definition) is 8. The number of nitrogens with one attached hydrogen (secondary N) is 2. The number of allylic oxidation sites excluding steroid dienone is 1. The average molecular weight is 556 g/mol. The number of benzene rings is 2. The van der Waals surface area contributed by atoms with Crippen molar-refractivity contribution in [3.63, 3.8) is 0 Å². The van der Waals surface area contributed by atoms with Gasteiger partial charge < -0.3 is 14.9 Å². The van der Waals surface area contributed by atoms with Crippen molar-refractivity contribution in [2.45, 2.75) is 17.4 Å². The smallest absolute Gasteiger partial charge is 0.412 e. The molecule has 1 aliphatic rings. The summed E-state index contributed by atoms with van der Waals surface area (Å²) < 4.78 is 9.53. The van der Waals surface area contributed by atoms with Crippen LogP contribution < -0.4 is 5.32 Å². The lowest BCUT2D eigenvalue weighted by atomic mass is 9.92. The summed E-state index contributed by atoms with van der Waals surface area (Å²) in [6.45, 7) is 3.73. The Balaban J connectivity index is 2.03. The number of carbonyl (C=O) groups is 2. The number of methoxy groups -OCH3 is 2. The third-order valence-electron chi connectivity index (χ3n) is 5.15. The highest BCUT2D eigenvalue weighted by Crippen LogP contribution is 2.36. The Bertz CT molecular complexity index is 1260. The molecule has 1 amide bonds. The first-order chi connectivity index (χ1) is 17.8. The highest BCUT2D eigenvalue weighted by atomic mass is 35.5. The second-order valence-corrected chi connectivity index (χ2v) is 10.2. The van der Waals surface area contributed by atoms with Crippen LogP contribution in [0.1, 0.15) is 15.9 Å². The molecular weight excluding hydrogens is 530 g/mol. The van der Waals surface area contributed by atoms with Crippen molar-refractivity contribution in [1.29, 1.82) is 5.41 Å². The first-order valence-electron chi connectivity index (χ1n) is 11.1. The predicted octanol–water partition coefficient (Wildman–Crippen LogP) is 6.30. The molecule has 2 aromatic carbocycles. The van der Waals surface area contributed by atoms with Crippen molar-refractivity contribution in [3.8, 4) is 0 Å². The van der Waals surface area contributed by atoms with Crippen LogP contribution in [0, 0.1) is 5.41 Å². The summed E-state index contributed by atoms with van der Waals surface area (Å²) in [6.07, 6.45) is 5.17. The quantitative estimate of drug-likeness (QED) is 0.171. The fourth-order valence-corrected chi connectivity index (χ4v) is 5.06. The van der Waals surface area contributed by atoms with Gasteiger partial charge in [0.15, 0.2) is 5.17 Å². The molecular formula is C27H26ClN3O4S2. The molecule has 1 aliphatic carbocycles. The second kappa shape index (κ2) is 13.9. The minimum Gasteiger partial charge on any atom is -0.465 e. The van der Waals surface area contributed by atoms with Gasteiger partial charge >= 0.3 is 12.1 Å². The number of carbonyl (C=O) groups excluding carboxylic acids is 2. The summed E-state index contributed by atoms with van der Waals surface area (Å²) >= 11 is 8.89. The molecule has 0 spiro atoms. The Labute approximate surface area is 229 Å². The van der Waals surface area contributed by atoms with Gasteiger partial charge in [0.05, 0.1) is 25.5 Å². The van der Waals surface area contributed by atoms with Crippen LogP contribution in [0.4, 0.5) is 4.79 Å². The van der Waals surface area contributed by atoms with Crippen molar-refractivity contribution in [1.82, 2.24) is 5.32 Å². The topological polar surface area (TPSA) is 101 Å². The number of nitrogens with zero attached hydrogens (tertiary/aromatic N) is 1. The Kier molecular flexibility index (Phi) is 10.6. The van der Waals surface area contributed by atoms with Gasteiger partial charge in [0, 0.05) is 20.6 Å². The summed E-state index contributed by atoms with van der Waals surface area (Å²) in [7, 11) is 2.63. The van der Waals surface area contributed by atoms with E-state index in [9.17, 15) is 9.59 Å². The lowest BCUT2D eigenvalue weighted by Crippen LogP contribution is -2.32. The van der Waals surface area contributed by atoms with Crippen LogP contribution >= 0.6 is 35.1 Å². The molecule has 0 bridgehead atoms. The normalized spacial score (nSPS) is 15.4. The fourth-order valence-electron chi connectivity index (χ4n) is 3.34. The molecule has 0 aromatic heterocycles. The second-order valence-electron chi connectivity index (χ2n) is 7.65. The Morgan fingerprint density at radius 3 is 2.43 bits per heavy atom. The van der Waals surface area contributed by atoms with Crippen LogP contribution in [0.5, 0.6) is 0 Å². The van der Waals surface area contributed by atoms with Crippen molar-refractivity contribution in [2.24, 2.45) is 4.99 Å². The van der Waals surface area contributed by atoms with Crippen molar-refractivity contribution in [3.05, 3.63) is 100.0 Å². The van der Waals surface area contributed by atoms with Gasteiger partial charge in [-0.05, 0) is 66.1 Å². The highest BCUT2D eigenvalue weighted by Gasteiger charge is 2.26. The van der Waals surface area contributed by atoms with E-state index in [1.807, 2.05) is 42.5 Å². The number of ether oxygens (including phenoxy) is 2. The number of amidine groups is 1. The zero-order valence-electron chi connectivity index (χ0n) is 20.3. The maximum Gasteiger partial charge on any atom is 0.412 e. The van der Waals surface area contributed by atoms with E-state index in [1.54, 1.807) is 24.3 Å². The Morgan fingerprint density at radius 2 is 1.81 bits per heavy atom. The van der Waals surface area contributed by atoms with E-state index in [-0.39, 0.29) is 5.71 Å². The summed E-state index contributed by atoms with van der Waals surface area (Å²) in [4.78, 5) is 30.3. The van der Waals surface area contributed by atoms with E-state index >= 15 is 0 Å². The van der Waals surface area contributed by atoms with Gasteiger partial charge in [-0.15, -0.1) is 6.58 Å². The molecule has 7 nitrogen and oxygen atoms in total. The fraction of sp³-hybridized carbons (Fsp3) is 0.185. The van der Waals surface area contributed by atoms with Crippen LogP contribution in [0.3, 0.4) is 0 Å². The van der Waals surface area contributed by atoms with E-state index in [0.717, 1.165) is 20.9 Å². The molecule has 0 fully saturated rings. The molecule has 37 heavy (non-hydrogen) atoms. The summed E-state index contributed by atoms with van der Waals surface area (Å²) in [5.74, 6) is 0.116. The van der Waals surface area contributed by atoms with Crippen LogP contribution in [0.25, 0.3) is 0 Å². The average Bonchev–Trinajstić information content (AvgIpc) is 2.91. The Morgan fingerprint density at radius 1 is 1.11 bits per heavy atom. The molecule has 3 rings (SSSR count). The zero-order valence-corrected chi connectivity index (χ0v) is 22.7. The number of rotatable bonds is 8. The molecule has 0 saturated carbocycles. The van der Waals surface area contributed by atoms with Crippen molar-refractivity contribution < 1.29 is 19.1 Å². The Hall–Kier alpha value is -3.27. The van der Waals surface area contributed by atoms with Gasteiger partial charge in [0.2, 0.25) is 0 Å². The third kappa shape index (κ3) is 8.11. The SMILES string of the molecule is C=CCSC(=NC1C(=N)C=CC(Sc2ccc(C(=O)OC)cc2)=C1Cc1ccc(Cl)cc1)NC(=O)OC. The monoisotopic (exact) mass is 555 g/mol. The highest BCUT2D eigenvalue weighted by molar-refractivity contribution is 8.14. The number of aliphatic imine (C=N–C) groups is 1. The molecule has 192 valence electrons. The molecule has 0 saturated heterocycles. The number of hydrogen-bond donors (Lipinski definition) is 2. The summed E-state index contributed by atoms with van der Waals surface area (Å²) in [6, 6.07) is 14.0. The maximum atomic E-state index is 11.9. The third-order valence-corrected chi connectivity index (χ3v) is 7.41. The van der Waals surface area contributed by atoms with Gasteiger partial charge in [-0.2, -0.15) is 0 Å². The molecule has 0 radical (unpaired) electrons. The molecule has 2 aromatic rings. The standard InChI is InChI=1S/C27H26ClN3O4S2/c1-4-15-36-26(31-27(33)35-3)30-24-21(16-17-5-9-19(28)10-6-17)23(14-13-22(24)29)37-20-11-7-18(8-12-20)25(32)34-2/h4-14,24,29H,1,15-16H2,2-3H3,(H,30,31,33). The minimum absolute atomic E-state index is 0.290. The van der Waals surface area contributed by atoms with Crippen LogP contribution in [-0.4, -0.2) is 49.0 Å². The largest absolute Gasteiger partial charge is 0.465 e. The summed E-state index contributed by atoms with van der Waals surface area (Å²) in [5.41, 5.74) is 2.64. The first kappa shape index (κ1) is 28.3. The van der Waals surface area contributed by atoms with Crippen LogP contribution in [0.2, 0.25) is 5.02 Å². The van der Waals surface area contributed by atoms with Crippen molar-refractivity contribution in [2.75, 3.05) is 20.0 Å². The molecule has 2 N–H and O–H groups in total. The number of halogens is 1. The summed E-state index contributed by atoms with van der Waals surface area (Å²) in [5, 5.41) is 12.3. The van der Waals surface area contributed by atoms with Gasteiger partial charge in [-0.25, -0.2) is 14.6 Å². The van der Waals surface area contributed by atoms with Crippen LogP contribution in [0.15, 0.2) is 93.7 Å². The number of alkyl carbamates (subject to hydrolysis) is 1. The van der Waals surface area contributed by atoms with Gasteiger partial charge in [-0.3, -0.25) is 5.32 Å². The van der Waals surface area contributed by atoms with E-state index in [0.29, 0.717) is 27.9 Å². The first-order valence-corrected chi connectivity index (χ1v) is 13.3. The van der Waals surface area contributed by atoms with E-state index in [4.69, 9.17) is 31.5 Å². The van der Waals surface area contributed by atoms with E-state index in [2.05, 4.69) is 11.9 Å². The van der Waals surface area contributed by atoms with Gasteiger partial charge in [0.1, 0.15) is 6.04 Å². The predicted molar refractivity (Wildman–Crippen MR) is 152 cm³/mol. The maximum absolute atomic E-state index is 11.9. The molecule has 0 heterocycles. The van der Waals surface area contributed by atoms with E-state index < -0.39 is 18.1 Å². The molecule has 0 aliphatic heterocycles. The van der Waals surface area contributed by atoms with Crippen molar-refractivity contribution >= 4 is 58.1 Å². The molecule has 10 heteroatoms. The minimum atomic E-state index is -0.642. The molecule has 1 unspecified atom stereocenters. The van der Waals surface area contributed by atoms with Crippen LogP contribution in [-0.2, 0) is 15.9 Å². The van der Waals surface area contributed by atoms with E-state index in [1.165, 1.54) is 37.7 Å². The lowest BCUT2D eigenvalue weighted by molar-refractivity contribution is 0.0600. The van der Waals surface area contributed by atoms with Gasteiger partial charge in [0.25, 0.3) is 0 Å². The number of thioether (sulfide) groups is 2. The molecule has 1 atom stereocenters. The zero-order chi connectivity index (χ0) is 26.8. The lowest BCUT2D eigenvalue weighted by Gasteiger charge is -2.24.